The van der Waals surface area contributed by atoms with Crippen molar-refractivity contribution in [3.8, 4) is 5.75 Å². The Bertz CT molecular complexity index is 658. The Morgan fingerprint density at radius 1 is 1.13 bits per heavy atom. The fraction of sp³-hybridized carbons (Fsp3) is 0.294. The lowest BCUT2D eigenvalue weighted by molar-refractivity contribution is -0.133. The largest absolute Gasteiger partial charge is 0.484 e. The second kappa shape index (κ2) is 7.46. The molecule has 1 aromatic heterocycles. The minimum Gasteiger partial charge on any atom is -0.484 e. The topological polar surface area (TPSA) is 45.7 Å². The van der Waals surface area contributed by atoms with E-state index in [1.54, 1.807) is 6.20 Å². The van der Waals surface area contributed by atoms with Crippen LogP contribution in [0, 0.1) is 0 Å². The molecule has 0 saturated carbocycles. The molecule has 0 N–H and O–H groups in total. The average Bonchev–Trinajstić information content (AvgIpc) is 2.61. The molecular weight excluding hydrogens is 358 g/mol. The van der Waals surface area contributed by atoms with Gasteiger partial charge in [0, 0.05) is 36.8 Å². The number of rotatable bonds is 4. The van der Waals surface area contributed by atoms with Crippen LogP contribution in [0.3, 0.4) is 0 Å². The van der Waals surface area contributed by atoms with Crippen LogP contribution in [0.2, 0.25) is 0 Å². The standard InChI is InChI=1S/C17H18BrN3O2/c18-14-4-3-5-15(12-14)23-13-17(22)21-10-8-20(9-11-21)16-6-1-2-7-19-16/h1-7,12H,8-11,13H2. The molecule has 1 saturated heterocycles. The van der Waals surface area contributed by atoms with Crippen LogP contribution in [-0.4, -0.2) is 48.6 Å². The van der Waals surface area contributed by atoms with Gasteiger partial charge in [0.15, 0.2) is 6.61 Å². The molecule has 0 radical (unpaired) electrons. The van der Waals surface area contributed by atoms with Gasteiger partial charge in [0.1, 0.15) is 11.6 Å². The van der Waals surface area contributed by atoms with E-state index in [0.717, 1.165) is 23.4 Å². The van der Waals surface area contributed by atoms with Crippen molar-refractivity contribution in [2.45, 2.75) is 0 Å². The summed E-state index contributed by atoms with van der Waals surface area (Å²) >= 11 is 3.39. The van der Waals surface area contributed by atoms with Gasteiger partial charge in [0.05, 0.1) is 0 Å². The molecular formula is C17H18BrN3O2. The number of carbonyl (C=O) groups is 1. The first-order valence-corrected chi connectivity index (χ1v) is 8.34. The van der Waals surface area contributed by atoms with Crippen LogP contribution in [0.25, 0.3) is 0 Å². The molecule has 120 valence electrons. The lowest BCUT2D eigenvalue weighted by Crippen LogP contribution is -2.50. The number of benzene rings is 1. The molecule has 0 aliphatic carbocycles. The molecule has 3 rings (SSSR count). The summed E-state index contributed by atoms with van der Waals surface area (Å²) in [5.74, 6) is 1.68. The average molecular weight is 376 g/mol. The molecule has 6 heteroatoms. The van der Waals surface area contributed by atoms with E-state index in [1.807, 2.05) is 47.4 Å². The summed E-state index contributed by atoms with van der Waals surface area (Å²) in [6.45, 7) is 3.04. The van der Waals surface area contributed by atoms with Crippen LogP contribution in [0.15, 0.2) is 53.1 Å². The summed E-state index contributed by atoms with van der Waals surface area (Å²) in [4.78, 5) is 20.6. The highest BCUT2D eigenvalue weighted by molar-refractivity contribution is 9.10. The highest BCUT2D eigenvalue weighted by Gasteiger charge is 2.21. The van der Waals surface area contributed by atoms with E-state index >= 15 is 0 Å². The van der Waals surface area contributed by atoms with Gasteiger partial charge in [-0.05, 0) is 30.3 Å². The smallest absolute Gasteiger partial charge is 0.260 e. The number of hydrogen-bond donors (Lipinski definition) is 0. The molecule has 0 bridgehead atoms. The van der Waals surface area contributed by atoms with E-state index in [-0.39, 0.29) is 12.5 Å². The van der Waals surface area contributed by atoms with Gasteiger partial charge >= 0.3 is 0 Å². The van der Waals surface area contributed by atoms with Gasteiger partial charge in [0.2, 0.25) is 0 Å². The van der Waals surface area contributed by atoms with Crippen LogP contribution in [0.1, 0.15) is 0 Å². The number of aromatic nitrogens is 1. The van der Waals surface area contributed by atoms with Gasteiger partial charge in [-0.3, -0.25) is 4.79 Å². The van der Waals surface area contributed by atoms with Crippen molar-refractivity contribution in [2.24, 2.45) is 0 Å². The van der Waals surface area contributed by atoms with Crippen molar-refractivity contribution in [1.29, 1.82) is 0 Å². The summed E-state index contributed by atoms with van der Waals surface area (Å²) in [6, 6.07) is 13.4. The Balaban J connectivity index is 1.48. The highest BCUT2D eigenvalue weighted by atomic mass is 79.9. The third-order valence-corrected chi connectivity index (χ3v) is 4.26. The van der Waals surface area contributed by atoms with E-state index in [1.165, 1.54) is 0 Å². The SMILES string of the molecule is O=C(COc1cccc(Br)c1)N1CCN(c2ccccn2)CC1. The molecule has 2 heterocycles. The lowest BCUT2D eigenvalue weighted by atomic mass is 10.3. The van der Waals surface area contributed by atoms with Crippen LogP contribution in [0.4, 0.5) is 5.82 Å². The maximum absolute atomic E-state index is 12.3. The Hall–Kier alpha value is -2.08. The second-order valence-corrected chi connectivity index (χ2v) is 6.22. The number of ether oxygens (including phenoxy) is 1. The summed E-state index contributed by atoms with van der Waals surface area (Å²) in [6.07, 6.45) is 1.79. The molecule has 23 heavy (non-hydrogen) atoms. The van der Waals surface area contributed by atoms with E-state index in [0.29, 0.717) is 18.8 Å². The fourth-order valence-corrected chi connectivity index (χ4v) is 2.90. The maximum atomic E-state index is 12.3. The number of halogens is 1. The molecule has 1 fully saturated rings. The fourth-order valence-electron chi connectivity index (χ4n) is 2.52. The van der Waals surface area contributed by atoms with E-state index in [4.69, 9.17) is 4.74 Å². The van der Waals surface area contributed by atoms with Crippen LogP contribution < -0.4 is 9.64 Å². The first-order chi connectivity index (χ1) is 11.2. The Morgan fingerprint density at radius 3 is 2.65 bits per heavy atom. The molecule has 0 atom stereocenters. The number of anilines is 1. The van der Waals surface area contributed by atoms with Crippen molar-refractivity contribution in [3.05, 3.63) is 53.1 Å². The van der Waals surface area contributed by atoms with Crippen molar-refractivity contribution >= 4 is 27.7 Å². The number of carbonyl (C=O) groups excluding carboxylic acids is 1. The first kappa shape index (κ1) is 15.8. The van der Waals surface area contributed by atoms with Crippen molar-refractivity contribution < 1.29 is 9.53 Å². The van der Waals surface area contributed by atoms with Gasteiger partial charge < -0.3 is 14.5 Å². The highest BCUT2D eigenvalue weighted by Crippen LogP contribution is 2.18. The molecule has 1 aliphatic rings. The number of amides is 1. The Morgan fingerprint density at radius 2 is 1.96 bits per heavy atom. The zero-order valence-corrected chi connectivity index (χ0v) is 14.3. The van der Waals surface area contributed by atoms with E-state index in [2.05, 4.69) is 25.8 Å². The quantitative estimate of drug-likeness (QED) is 0.823. The van der Waals surface area contributed by atoms with Crippen molar-refractivity contribution in [3.63, 3.8) is 0 Å². The third kappa shape index (κ3) is 4.22. The first-order valence-electron chi connectivity index (χ1n) is 7.54. The minimum atomic E-state index is 0.0191. The molecule has 5 nitrogen and oxygen atoms in total. The number of piperazine rings is 1. The van der Waals surface area contributed by atoms with Crippen LogP contribution in [-0.2, 0) is 4.79 Å². The predicted molar refractivity (Wildman–Crippen MR) is 92.7 cm³/mol. The monoisotopic (exact) mass is 375 g/mol. The van der Waals surface area contributed by atoms with Crippen molar-refractivity contribution in [2.75, 3.05) is 37.7 Å². The van der Waals surface area contributed by atoms with Gasteiger partial charge in [-0.15, -0.1) is 0 Å². The number of hydrogen-bond acceptors (Lipinski definition) is 4. The summed E-state index contributed by atoms with van der Waals surface area (Å²) in [5, 5.41) is 0. The molecule has 1 aliphatic heterocycles. The van der Waals surface area contributed by atoms with Crippen molar-refractivity contribution in [1.82, 2.24) is 9.88 Å². The van der Waals surface area contributed by atoms with Gasteiger partial charge in [-0.25, -0.2) is 4.98 Å². The zero-order chi connectivity index (χ0) is 16.1. The second-order valence-electron chi connectivity index (χ2n) is 5.30. The maximum Gasteiger partial charge on any atom is 0.260 e. The summed E-state index contributed by atoms with van der Waals surface area (Å²) in [5.41, 5.74) is 0. The van der Waals surface area contributed by atoms with Crippen LogP contribution in [0.5, 0.6) is 5.75 Å². The minimum absolute atomic E-state index is 0.0191. The van der Waals surface area contributed by atoms with E-state index in [9.17, 15) is 4.79 Å². The molecule has 1 aromatic carbocycles. The summed E-state index contributed by atoms with van der Waals surface area (Å²) < 4.78 is 6.50. The predicted octanol–water partition coefficient (Wildman–Crippen LogP) is 2.57. The molecule has 1 amide bonds. The van der Waals surface area contributed by atoms with Crippen LogP contribution >= 0.6 is 15.9 Å². The van der Waals surface area contributed by atoms with Gasteiger partial charge in [0.25, 0.3) is 5.91 Å². The molecule has 0 spiro atoms. The Labute approximate surface area is 144 Å². The van der Waals surface area contributed by atoms with Gasteiger partial charge in [-0.2, -0.15) is 0 Å². The summed E-state index contributed by atoms with van der Waals surface area (Å²) in [7, 11) is 0. The molecule has 0 unspecified atom stereocenters. The Kier molecular flexibility index (Phi) is 5.12. The van der Waals surface area contributed by atoms with Gasteiger partial charge in [-0.1, -0.05) is 28.1 Å². The third-order valence-electron chi connectivity index (χ3n) is 3.76. The molecule has 2 aromatic rings. The number of pyridine rings is 1. The normalized spacial score (nSPS) is 14.7. The number of nitrogens with zero attached hydrogens (tertiary/aromatic N) is 3. The lowest BCUT2D eigenvalue weighted by Gasteiger charge is -2.35. The van der Waals surface area contributed by atoms with E-state index < -0.39 is 0 Å². The zero-order valence-electron chi connectivity index (χ0n) is 12.7.